The van der Waals surface area contributed by atoms with Gasteiger partial charge in [-0.1, -0.05) is 18.2 Å². The van der Waals surface area contributed by atoms with Crippen LogP contribution in [0.2, 0.25) is 0 Å². The van der Waals surface area contributed by atoms with Crippen LogP contribution in [0.3, 0.4) is 0 Å². The van der Waals surface area contributed by atoms with Crippen molar-refractivity contribution in [2.45, 2.75) is 13.0 Å². The van der Waals surface area contributed by atoms with Crippen LogP contribution in [0.1, 0.15) is 20.9 Å². The van der Waals surface area contributed by atoms with E-state index in [4.69, 9.17) is 0 Å². The summed E-state index contributed by atoms with van der Waals surface area (Å²) in [5.41, 5.74) is 3.83. The number of nitrogens with zero attached hydrogens (tertiary/aromatic N) is 5. The lowest BCUT2D eigenvalue weighted by Gasteiger charge is -2.20. The lowest BCUT2D eigenvalue weighted by atomic mass is 10.1. The van der Waals surface area contributed by atoms with Crippen LogP contribution < -0.4 is 5.32 Å². The molecule has 7 nitrogen and oxygen atoms in total. The maximum atomic E-state index is 13.2. The number of aromatic nitrogens is 4. The first-order valence-corrected chi connectivity index (χ1v) is 10.5. The topological polar surface area (TPSA) is 75.9 Å². The zero-order chi connectivity index (χ0) is 20.5. The van der Waals surface area contributed by atoms with E-state index in [-0.39, 0.29) is 5.91 Å². The molecule has 4 heterocycles. The van der Waals surface area contributed by atoms with E-state index < -0.39 is 0 Å². The molecule has 1 aromatic carbocycles. The van der Waals surface area contributed by atoms with Gasteiger partial charge in [0.15, 0.2) is 5.13 Å². The molecule has 0 spiro atoms. The summed E-state index contributed by atoms with van der Waals surface area (Å²) < 4.78 is 1.72. The number of pyridine rings is 1. The molecular formula is C22H20N6OS. The zero-order valence-corrected chi connectivity index (χ0v) is 17.3. The maximum Gasteiger partial charge on any atom is 0.261 e. The first kappa shape index (κ1) is 18.7. The van der Waals surface area contributed by atoms with E-state index in [1.807, 2.05) is 42.5 Å². The van der Waals surface area contributed by atoms with Gasteiger partial charge in [-0.25, -0.2) is 9.67 Å². The van der Waals surface area contributed by atoms with Gasteiger partial charge in [0, 0.05) is 48.5 Å². The number of likely N-dealkylation sites (N-methyl/N-ethyl adjacent to an activating group) is 1. The maximum absolute atomic E-state index is 13.2. The SMILES string of the molecule is CN1CCc2nc(NC(=O)c3cn(-c4ccccc4)nc3-c3cccnc3)sc2C1. The Balaban J connectivity index is 1.49. The molecular weight excluding hydrogens is 396 g/mol. The third kappa shape index (κ3) is 3.62. The van der Waals surface area contributed by atoms with Gasteiger partial charge in [0.05, 0.1) is 16.9 Å². The van der Waals surface area contributed by atoms with Gasteiger partial charge < -0.3 is 4.90 Å². The summed E-state index contributed by atoms with van der Waals surface area (Å²) in [6.07, 6.45) is 6.08. The molecule has 0 bridgehead atoms. The summed E-state index contributed by atoms with van der Waals surface area (Å²) in [6, 6.07) is 13.5. The number of hydrogen-bond acceptors (Lipinski definition) is 6. The Morgan fingerprint density at radius 1 is 1.17 bits per heavy atom. The highest BCUT2D eigenvalue weighted by atomic mass is 32.1. The number of thiazole rings is 1. The van der Waals surface area contributed by atoms with E-state index in [0.29, 0.717) is 16.4 Å². The molecule has 8 heteroatoms. The molecule has 1 N–H and O–H groups in total. The molecule has 0 unspecified atom stereocenters. The number of fused-ring (bicyclic) bond motifs is 1. The molecule has 0 aliphatic carbocycles. The highest BCUT2D eigenvalue weighted by Gasteiger charge is 2.22. The summed E-state index contributed by atoms with van der Waals surface area (Å²) in [5.74, 6) is -0.226. The summed E-state index contributed by atoms with van der Waals surface area (Å²) in [4.78, 5) is 25.5. The Morgan fingerprint density at radius 3 is 2.83 bits per heavy atom. The van der Waals surface area contributed by atoms with Crippen LogP contribution in [0.5, 0.6) is 0 Å². The summed E-state index contributed by atoms with van der Waals surface area (Å²) in [6.45, 7) is 1.86. The van der Waals surface area contributed by atoms with Gasteiger partial charge in [-0.15, -0.1) is 11.3 Å². The van der Waals surface area contributed by atoms with Crippen LogP contribution in [0.15, 0.2) is 61.1 Å². The third-order valence-corrected chi connectivity index (χ3v) is 6.05. The molecule has 1 amide bonds. The number of hydrogen-bond donors (Lipinski definition) is 1. The van der Waals surface area contributed by atoms with Gasteiger partial charge in [0.1, 0.15) is 5.69 Å². The first-order valence-electron chi connectivity index (χ1n) is 9.71. The second kappa shape index (κ2) is 7.81. The number of nitrogens with one attached hydrogen (secondary N) is 1. The molecule has 3 aromatic heterocycles. The van der Waals surface area contributed by atoms with Gasteiger partial charge in [-0.3, -0.25) is 15.1 Å². The number of benzene rings is 1. The van der Waals surface area contributed by atoms with E-state index in [0.717, 1.165) is 36.5 Å². The van der Waals surface area contributed by atoms with Gasteiger partial charge in [-0.05, 0) is 31.3 Å². The van der Waals surface area contributed by atoms with Crippen LogP contribution in [0.4, 0.5) is 5.13 Å². The highest BCUT2D eigenvalue weighted by molar-refractivity contribution is 7.15. The number of para-hydroxylation sites is 1. The standard InChI is InChI=1S/C22H20N6OS/c1-27-11-9-18-19(14-27)30-22(24-18)25-21(29)17-13-28(16-7-3-2-4-8-16)26-20(17)15-6-5-10-23-12-15/h2-8,10,12-13H,9,11,14H2,1H3,(H,24,25,29). The number of amides is 1. The number of carbonyl (C=O) groups excluding carboxylic acids is 1. The van der Waals surface area contributed by atoms with Crippen LogP contribution >= 0.6 is 11.3 Å². The van der Waals surface area contributed by atoms with Crippen molar-refractivity contribution in [3.05, 3.63) is 77.2 Å². The largest absolute Gasteiger partial charge is 0.301 e. The second-order valence-electron chi connectivity index (χ2n) is 7.24. The fraction of sp³-hybridized carbons (Fsp3) is 0.182. The second-order valence-corrected chi connectivity index (χ2v) is 8.33. The number of carbonyl (C=O) groups is 1. The molecule has 5 rings (SSSR count). The fourth-order valence-electron chi connectivity index (χ4n) is 3.51. The minimum atomic E-state index is -0.226. The smallest absolute Gasteiger partial charge is 0.261 e. The van der Waals surface area contributed by atoms with Crippen LogP contribution in [-0.4, -0.2) is 44.1 Å². The lowest BCUT2D eigenvalue weighted by molar-refractivity contribution is 0.102. The normalized spacial score (nSPS) is 13.8. The molecule has 4 aromatic rings. The lowest BCUT2D eigenvalue weighted by Crippen LogP contribution is -2.25. The van der Waals surface area contributed by atoms with Crippen molar-refractivity contribution in [3.8, 4) is 16.9 Å². The third-order valence-electron chi connectivity index (χ3n) is 5.06. The number of rotatable bonds is 4. The predicted molar refractivity (Wildman–Crippen MR) is 117 cm³/mol. The molecule has 0 saturated heterocycles. The summed E-state index contributed by atoms with van der Waals surface area (Å²) in [5, 5.41) is 8.29. The molecule has 0 radical (unpaired) electrons. The average Bonchev–Trinajstić information content (AvgIpc) is 3.39. The molecule has 0 atom stereocenters. The van der Waals surface area contributed by atoms with Gasteiger partial charge in [0.25, 0.3) is 5.91 Å². The Morgan fingerprint density at radius 2 is 2.03 bits per heavy atom. The van der Waals surface area contributed by atoms with Crippen molar-refractivity contribution in [1.82, 2.24) is 24.6 Å². The van der Waals surface area contributed by atoms with Crippen molar-refractivity contribution in [2.24, 2.45) is 0 Å². The predicted octanol–water partition coefficient (Wildman–Crippen LogP) is 3.63. The van der Waals surface area contributed by atoms with E-state index in [1.54, 1.807) is 34.6 Å². The Kier molecular flexibility index (Phi) is 4.86. The monoisotopic (exact) mass is 416 g/mol. The van der Waals surface area contributed by atoms with Crippen molar-refractivity contribution in [3.63, 3.8) is 0 Å². The molecule has 1 aliphatic rings. The fourth-order valence-corrected chi connectivity index (χ4v) is 4.59. The molecule has 30 heavy (non-hydrogen) atoms. The summed E-state index contributed by atoms with van der Waals surface area (Å²) >= 11 is 1.54. The zero-order valence-electron chi connectivity index (χ0n) is 16.4. The van der Waals surface area contributed by atoms with Crippen molar-refractivity contribution < 1.29 is 4.79 Å². The van der Waals surface area contributed by atoms with Crippen LogP contribution in [-0.2, 0) is 13.0 Å². The van der Waals surface area contributed by atoms with E-state index >= 15 is 0 Å². The van der Waals surface area contributed by atoms with Crippen LogP contribution in [0, 0.1) is 0 Å². The molecule has 1 aliphatic heterocycles. The van der Waals surface area contributed by atoms with Crippen molar-refractivity contribution in [2.75, 3.05) is 18.9 Å². The Hall–Kier alpha value is -3.36. The highest BCUT2D eigenvalue weighted by Crippen LogP contribution is 2.29. The van der Waals surface area contributed by atoms with E-state index in [1.165, 1.54) is 4.88 Å². The summed E-state index contributed by atoms with van der Waals surface area (Å²) in [7, 11) is 2.10. The van der Waals surface area contributed by atoms with Gasteiger partial charge >= 0.3 is 0 Å². The van der Waals surface area contributed by atoms with Gasteiger partial charge in [0.2, 0.25) is 0 Å². The minimum Gasteiger partial charge on any atom is -0.301 e. The Bertz CT molecular complexity index is 1190. The molecule has 0 fully saturated rings. The van der Waals surface area contributed by atoms with Crippen molar-refractivity contribution >= 4 is 22.4 Å². The van der Waals surface area contributed by atoms with Crippen LogP contribution in [0.25, 0.3) is 16.9 Å². The average molecular weight is 417 g/mol. The Labute approximate surface area is 178 Å². The van der Waals surface area contributed by atoms with Crippen molar-refractivity contribution in [1.29, 1.82) is 0 Å². The van der Waals surface area contributed by atoms with E-state index in [2.05, 4.69) is 32.3 Å². The molecule has 150 valence electrons. The first-order chi connectivity index (χ1) is 14.7. The van der Waals surface area contributed by atoms with E-state index in [9.17, 15) is 4.79 Å². The minimum absolute atomic E-state index is 0.226. The van der Waals surface area contributed by atoms with Gasteiger partial charge in [-0.2, -0.15) is 5.10 Å². The quantitative estimate of drug-likeness (QED) is 0.550. The number of anilines is 1. The molecule has 0 saturated carbocycles.